The average Bonchev–Trinajstić information content (AvgIpc) is 3.16. The third kappa shape index (κ3) is 3.43. The quantitative estimate of drug-likeness (QED) is 0.427. The van der Waals surface area contributed by atoms with Crippen LogP contribution >= 0.6 is 0 Å². The Bertz CT molecular complexity index is 1150. The van der Waals surface area contributed by atoms with Gasteiger partial charge in [-0.2, -0.15) is 0 Å². The first-order chi connectivity index (χ1) is 13.6. The van der Waals surface area contributed by atoms with Crippen LogP contribution in [0.3, 0.4) is 0 Å². The van der Waals surface area contributed by atoms with Crippen molar-refractivity contribution in [1.29, 1.82) is 0 Å². The van der Waals surface area contributed by atoms with E-state index in [4.69, 9.17) is 0 Å². The molecule has 0 bridgehead atoms. The number of nitro groups is 1. The van der Waals surface area contributed by atoms with E-state index in [1.165, 1.54) is 24.3 Å². The minimum absolute atomic E-state index is 0.0524. The molecule has 2 aromatic heterocycles. The number of nitrogens with zero attached hydrogens (tertiary/aromatic N) is 4. The number of imidazole rings is 1. The lowest BCUT2D eigenvalue weighted by Crippen LogP contribution is -2.22. The first kappa shape index (κ1) is 17.3. The molecular formula is C20H15N5O3. The molecule has 0 spiro atoms. The van der Waals surface area contributed by atoms with Crippen molar-refractivity contribution in [1.82, 2.24) is 19.9 Å². The van der Waals surface area contributed by atoms with Crippen LogP contribution in [0.4, 0.5) is 5.69 Å². The second-order valence-corrected chi connectivity index (χ2v) is 6.11. The van der Waals surface area contributed by atoms with Gasteiger partial charge < -0.3 is 5.32 Å². The monoisotopic (exact) mass is 373 g/mol. The molecule has 0 saturated carbocycles. The first-order valence-electron chi connectivity index (χ1n) is 8.52. The van der Waals surface area contributed by atoms with Gasteiger partial charge in [-0.3, -0.25) is 19.5 Å². The summed E-state index contributed by atoms with van der Waals surface area (Å²) in [7, 11) is 0. The number of hydrogen-bond acceptors (Lipinski definition) is 5. The fourth-order valence-electron chi connectivity index (χ4n) is 2.82. The van der Waals surface area contributed by atoms with Crippen LogP contribution in [-0.2, 0) is 6.54 Å². The van der Waals surface area contributed by atoms with Crippen LogP contribution in [0.15, 0.2) is 73.2 Å². The topological polar surface area (TPSA) is 103 Å². The zero-order chi connectivity index (χ0) is 19.5. The summed E-state index contributed by atoms with van der Waals surface area (Å²) >= 11 is 0. The Labute approximate surface area is 159 Å². The van der Waals surface area contributed by atoms with Gasteiger partial charge in [0, 0.05) is 30.4 Å². The molecular weight excluding hydrogens is 358 g/mol. The molecule has 138 valence electrons. The van der Waals surface area contributed by atoms with Crippen molar-refractivity contribution in [2.75, 3.05) is 0 Å². The minimum Gasteiger partial charge on any atom is -0.348 e. The number of carbonyl (C=O) groups excluding carboxylic acids is 1. The Kier molecular flexibility index (Phi) is 4.51. The molecule has 28 heavy (non-hydrogen) atoms. The molecule has 4 rings (SSSR count). The number of non-ortho nitro benzene ring substituents is 1. The molecule has 8 nitrogen and oxygen atoms in total. The molecule has 0 aliphatic carbocycles. The van der Waals surface area contributed by atoms with E-state index in [9.17, 15) is 14.9 Å². The summed E-state index contributed by atoms with van der Waals surface area (Å²) < 4.78 is 1.90. The van der Waals surface area contributed by atoms with Crippen LogP contribution in [0.1, 0.15) is 15.9 Å². The molecule has 0 aliphatic heterocycles. The largest absolute Gasteiger partial charge is 0.348 e. The van der Waals surface area contributed by atoms with Crippen LogP contribution in [0.2, 0.25) is 0 Å². The molecule has 0 unspecified atom stereocenters. The number of para-hydroxylation sites is 2. The lowest BCUT2D eigenvalue weighted by Gasteiger charge is -2.07. The number of nitro benzene ring substituents is 1. The summed E-state index contributed by atoms with van der Waals surface area (Å²) in [5, 5.41) is 13.5. The SMILES string of the molecule is O=C(NCc1ccc(-n2cnc3ccccc32)nc1)c1ccc([N+](=O)[O-])cc1. The Hall–Kier alpha value is -4.07. The van der Waals surface area contributed by atoms with Gasteiger partial charge in [0.25, 0.3) is 11.6 Å². The average molecular weight is 373 g/mol. The summed E-state index contributed by atoms with van der Waals surface area (Å²) in [5.41, 5.74) is 3.00. The molecule has 2 aromatic carbocycles. The Balaban J connectivity index is 1.43. The van der Waals surface area contributed by atoms with E-state index in [-0.39, 0.29) is 11.6 Å². The van der Waals surface area contributed by atoms with Gasteiger partial charge in [0.2, 0.25) is 0 Å². The van der Waals surface area contributed by atoms with E-state index >= 15 is 0 Å². The molecule has 0 fully saturated rings. The molecule has 0 saturated heterocycles. The summed E-state index contributed by atoms with van der Waals surface area (Å²) in [6, 6.07) is 17.0. The number of aromatic nitrogens is 3. The highest BCUT2D eigenvalue weighted by Gasteiger charge is 2.10. The van der Waals surface area contributed by atoms with E-state index in [2.05, 4.69) is 15.3 Å². The van der Waals surface area contributed by atoms with E-state index in [1.807, 2.05) is 41.0 Å². The predicted molar refractivity (Wildman–Crippen MR) is 103 cm³/mol. The van der Waals surface area contributed by atoms with Gasteiger partial charge in [0.15, 0.2) is 0 Å². The highest BCUT2D eigenvalue weighted by molar-refractivity contribution is 5.94. The second kappa shape index (κ2) is 7.28. The van der Waals surface area contributed by atoms with E-state index in [1.54, 1.807) is 12.5 Å². The molecule has 4 aromatic rings. The van der Waals surface area contributed by atoms with Crippen LogP contribution in [-0.4, -0.2) is 25.4 Å². The number of rotatable bonds is 5. The number of pyridine rings is 1. The highest BCUT2D eigenvalue weighted by atomic mass is 16.6. The molecule has 8 heteroatoms. The van der Waals surface area contributed by atoms with E-state index in [0.717, 1.165) is 22.4 Å². The number of carbonyl (C=O) groups is 1. The molecule has 1 amide bonds. The van der Waals surface area contributed by atoms with Crippen LogP contribution in [0.25, 0.3) is 16.9 Å². The van der Waals surface area contributed by atoms with Crippen LogP contribution in [0, 0.1) is 10.1 Å². The lowest BCUT2D eigenvalue weighted by molar-refractivity contribution is -0.384. The van der Waals surface area contributed by atoms with Crippen molar-refractivity contribution >= 4 is 22.6 Å². The molecule has 0 radical (unpaired) electrons. The van der Waals surface area contributed by atoms with Gasteiger partial charge in [0.05, 0.1) is 16.0 Å². The Morgan fingerprint density at radius 2 is 1.82 bits per heavy atom. The second-order valence-electron chi connectivity index (χ2n) is 6.11. The summed E-state index contributed by atoms with van der Waals surface area (Å²) in [5.74, 6) is 0.429. The van der Waals surface area contributed by atoms with Crippen molar-refractivity contribution < 1.29 is 9.72 Å². The van der Waals surface area contributed by atoms with Gasteiger partial charge in [-0.25, -0.2) is 9.97 Å². The lowest BCUT2D eigenvalue weighted by atomic mass is 10.2. The third-order valence-electron chi connectivity index (χ3n) is 4.30. The number of nitrogens with one attached hydrogen (secondary N) is 1. The Morgan fingerprint density at radius 1 is 1.04 bits per heavy atom. The summed E-state index contributed by atoms with van der Waals surface area (Å²) in [6.45, 7) is 0.299. The van der Waals surface area contributed by atoms with Gasteiger partial charge >= 0.3 is 0 Å². The van der Waals surface area contributed by atoms with Crippen molar-refractivity contribution in [2.45, 2.75) is 6.54 Å². The number of amides is 1. The summed E-state index contributed by atoms with van der Waals surface area (Å²) in [6.07, 6.45) is 3.42. The standard InChI is InChI=1S/C20H15N5O3/c26-20(15-6-8-16(9-7-15)25(27)28)22-12-14-5-10-19(21-11-14)24-13-23-17-3-1-2-4-18(17)24/h1-11,13H,12H2,(H,22,26). The maximum Gasteiger partial charge on any atom is 0.269 e. The van der Waals surface area contributed by atoms with Crippen molar-refractivity contribution in [2.24, 2.45) is 0 Å². The van der Waals surface area contributed by atoms with Gasteiger partial charge in [-0.1, -0.05) is 18.2 Å². The smallest absolute Gasteiger partial charge is 0.269 e. The Morgan fingerprint density at radius 3 is 2.54 bits per heavy atom. The zero-order valence-electron chi connectivity index (χ0n) is 14.6. The van der Waals surface area contributed by atoms with Crippen molar-refractivity contribution in [3.8, 4) is 5.82 Å². The molecule has 0 aliphatic rings. The normalized spacial score (nSPS) is 10.7. The van der Waals surface area contributed by atoms with E-state index in [0.29, 0.717) is 12.1 Å². The number of hydrogen-bond donors (Lipinski definition) is 1. The summed E-state index contributed by atoms with van der Waals surface area (Å²) in [4.78, 5) is 31.2. The van der Waals surface area contributed by atoms with E-state index < -0.39 is 4.92 Å². The van der Waals surface area contributed by atoms with Crippen molar-refractivity contribution in [3.63, 3.8) is 0 Å². The first-order valence-corrected chi connectivity index (χ1v) is 8.52. The number of benzene rings is 2. The van der Waals surface area contributed by atoms with Crippen LogP contribution in [0.5, 0.6) is 0 Å². The minimum atomic E-state index is -0.502. The fourth-order valence-corrected chi connectivity index (χ4v) is 2.82. The zero-order valence-corrected chi connectivity index (χ0v) is 14.6. The fraction of sp³-hybridized carbons (Fsp3) is 0.0500. The van der Waals surface area contributed by atoms with Crippen LogP contribution < -0.4 is 5.32 Å². The number of fused-ring (bicyclic) bond motifs is 1. The van der Waals surface area contributed by atoms with Gasteiger partial charge in [0.1, 0.15) is 12.1 Å². The van der Waals surface area contributed by atoms with Gasteiger partial charge in [-0.05, 0) is 35.9 Å². The van der Waals surface area contributed by atoms with Gasteiger partial charge in [-0.15, -0.1) is 0 Å². The van der Waals surface area contributed by atoms with Crippen molar-refractivity contribution in [3.05, 3.63) is 94.4 Å². The molecule has 2 heterocycles. The highest BCUT2D eigenvalue weighted by Crippen LogP contribution is 2.16. The maximum atomic E-state index is 12.2. The predicted octanol–water partition coefficient (Wildman–Crippen LogP) is 3.26. The third-order valence-corrected chi connectivity index (χ3v) is 4.30. The molecule has 1 N–H and O–H groups in total. The maximum absolute atomic E-state index is 12.2. The molecule has 0 atom stereocenters.